The number of pyridine rings is 1. The van der Waals surface area contributed by atoms with Gasteiger partial charge in [-0.25, -0.2) is 0 Å². The minimum atomic E-state index is 0.139. The molecule has 0 aliphatic rings. The molecule has 1 atom stereocenters. The first-order chi connectivity index (χ1) is 6.24. The number of aryl methyl sites for hydroxylation is 1. The molecule has 2 N–H and O–H groups in total. The van der Waals surface area contributed by atoms with Crippen molar-refractivity contribution in [3.63, 3.8) is 0 Å². The first-order valence-corrected chi connectivity index (χ1v) is 4.47. The largest absolute Gasteiger partial charge is 0.395 e. The molecule has 0 aliphatic carbocycles. The second kappa shape index (κ2) is 4.94. The fourth-order valence-corrected chi connectivity index (χ4v) is 1.03. The SMILES string of the molecule is Cc1ccncc1CN[C@H](C)CO. The molecule has 13 heavy (non-hydrogen) atoms. The van der Waals surface area contributed by atoms with E-state index in [0.29, 0.717) is 0 Å². The molecule has 0 radical (unpaired) electrons. The number of hydrogen-bond donors (Lipinski definition) is 2. The molecule has 0 amide bonds. The predicted octanol–water partition coefficient (Wildman–Crippen LogP) is 0.860. The monoisotopic (exact) mass is 180 g/mol. The first-order valence-electron chi connectivity index (χ1n) is 4.47. The Balaban J connectivity index is 2.50. The van der Waals surface area contributed by atoms with Gasteiger partial charge in [0.25, 0.3) is 0 Å². The van der Waals surface area contributed by atoms with Crippen LogP contribution in [0.5, 0.6) is 0 Å². The lowest BCUT2D eigenvalue weighted by Gasteiger charge is -2.11. The molecule has 0 saturated carbocycles. The Morgan fingerprint density at radius 1 is 1.62 bits per heavy atom. The molecule has 0 aromatic carbocycles. The van der Waals surface area contributed by atoms with Crippen LogP contribution < -0.4 is 5.32 Å². The van der Waals surface area contributed by atoms with Gasteiger partial charge in [0.15, 0.2) is 0 Å². The van der Waals surface area contributed by atoms with Crippen molar-refractivity contribution in [1.82, 2.24) is 10.3 Å². The van der Waals surface area contributed by atoms with Crippen molar-refractivity contribution in [2.24, 2.45) is 0 Å². The lowest BCUT2D eigenvalue weighted by molar-refractivity contribution is 0.251. The van der Waals surface area contributed by atoms with Crippen LogP contribution in [0.15, 0.2) is 18.5 Å². The molecule has 1 heterocycles. The zero-order valence-corrected chi connectivity index (χ0v) is 8.12. The fourth-order valence-electron chi connectivity index (χ4n) is 1.03. The van der Waals surface area contributed by atoms with E-state index in [1.165, 1.54) is 11.1 Å². The fraction of sp³-hybridized carbons (Fsp3) is 0.500. The molecule has 0 spiro atoms. The molecule has 0 bridgehead atoms. The highest BCUT2D eigenvalue weighted by Gasteiger charge is 2.00. The number of aliphatic hydroxyl groups excluding tert-OH is 1. The first kappa shape index (κ1) is 10.2. The van der Waals surface area contributed by atoms with Gasteiger partial charge in [-0.2, -0.15) is 0 Å². The van der Waals surface area contributed by atoms with E-state index >= 15 is 0 Å². The Morgan fingerprint density at radius 2 is 2.38 bits per heavy atom. The van der Waals surface area contributed by atoms with Gasteiger partial charge in [0.2, 0.25) is 0 Å². The van der Waals surface area contributed by atoms with Crippen molar-refractivity contribution < 1.29 is 5.11 Å². The standard InChI is InChI=1S/C10H16N2O/c1-8-3-4-11-5-10(8)6-12-9(2)7-13/h3-5,9,12-13H,6-7H2,1-2H3/t9-/m1/s1. The highest BCUT2D eigenvalue weighted by atomic mass is 16.3. The van der Waals surface area contributed by atoms with Gasteiger partial charge in [-0.15, -0.1) is 0 Å². The molecule has 0 unspecified atom stereocenters. The summed E-state index contributed by atoms with van der Waals surface area (Å²) in [6, 6.07) is 2.13. The molecule has 0 saturated heterocycles. The average Bonchev–Trinajstić information content (AvgIpc) is 2.16. The third kappa shape index (κ3) is 3.13. The topological polar surface area (TPSA) is 45.2 Å². The molecular weight excluding hydrogens is 164 g/mol. The summed E-state index contributed by atoms with van der Waals surface area (Å²) in [7, 11) is 0. The lowest BCUT2D eigenvalue weighted by atomic mass is 10.1. The summed E-state index contributed by atoms with van der Waals surface area (Å²) in [5.41, 5.74) is 2.41. The van der Waals surface area contributed by atoms with E-state index in [0.717, 1.165) is 6.54 Å². The second-order valence-electron chi connectivity index (χ2n) is 3.27. The van der Waals surface area contributed by atoms with Crippen molar-refractivity contribution in [2.45, 2.75) is 26.4 Å². The van der Waals surface area contributed by atoms with Crippen molar-refractivity contribution >= 4 is 0 Å². The smallest absolute Gasteiger partial charge is 0.0582 e. The highest BCUT2D eigenvalue weighted by Crippen LogP contribution is 2.04. The molecule has 3 heteroatoms. The van der Waals surface area contributed by atoms with Crippen LogP contribution >= 0.6 is 0 Å². The summed E-state index contributed by atoms with van der Waals surface area (Å²) in [6.45, 7) is 4.94. The molecule has 0 fully saturated rings. The van der Waals surface area contributed by atoms with Crippen LogP contribution in [-0.2, 0) is 6.54 Å². The van der Waals surface area contributed by atoms with E-state index in [9.17, 15) is 0 Å². The maximum Gasteiger partial charge on any atom is 0.0582 e. The van der Waals surface area contributed by atoms with Crippen LogP contribution in [0.25, 0.3) is 0 Å². The molecule has 0 aliphatic heterocycles. The summed E-state index contributed by atoms with van der Waals surface area (Å²) >= 11 is 0. The van der Waals surface area contributed by atoms with Gasteiger partial charge in [0.1, 0.15) is 0 Å². The van der Waals surface area contributed by atoms with Gasteiger partial charge in [0.05, 0.1) is 6.61 Å². The van der Waals surface area contributed by atoms with Crippen LogP contribution in [0.1, 0.15) is 18.1 Å². The molecule has 3 nitrogen and oxygen atoms in total. The molecule has 1 aromatic heterocycles. The predicted molar refractivity (Wildman–Crippen MR) is 52.4 cm³/mol. The Bertz CT molecular complexity index is 263. The number of hydrogen-bond acceptors (Lipinski definition) is 3. The number of aromatic nitrogens is 1. The van der Waals surface area contributed by atoms with Gasteiger partial charge in [-0.1, -0.05) is 0 Å². The normalized spacial score (nSPS) is 12.8. The number of rotatable bonds is 4. The Kier molecular flexibility index (Phi) is 3.86. The summed E-state index contributed by atoms with van der Waals surface area (Å²) in [4.78, 5) is 4.05. The Morgan fingerprint density at radius 3 is 3.00 bits per heavy atom. The summed E-state index contributed by atoms with van der Waals surface area (Å²) in [5, 5.41) is 12.0. The van der Waals surface area contributed by atoms with E-state index in [4.69, 9.17) is 5.11 Å². The van der Waals surface area contributed by atoms with Gasteiger partial charge >= 0.3 is 0 Å². The Hall–Kier alpha value is -0.930. The van der Waals surface area contributed by atoms with E-state index in [2.05, 4.69) is 17.2 Å². The summed E-state index contributed by atoms with van der Waals surface area (Å²) in [5.74, 6) is 0. The van der Waals surface area contributed by atoms with Crippen LogP contribution in [0.4, 0.5) is 0 Å². The van der Waals surface area contributed by atoms with Crippen LogP contribution in [0.3, 0.4) is 0 Å². The zero-order valence-electron chi connectivity index (χ0n) is 8.12. The maximum atomic E-state index is 8.80. The van der Waals surface area contributed by atoms with E-state index in [1.807, 2.05) is 19.2 Å². The average molecular weight is 180 g/mol. The second-order valence-corrected chi connectivity index (χ2v) is 3.27. The summed E-state index contributed by atoms with van der Waals surface area (Å²) in [6.07, 6.45) is 3.64. The molecular formula is C10H16N2O. The van der Waals surface area contributed by atoms with Gasteiger partial charge in [-0.05, 0) is 31.0 Å². The van der Waals surface area contributed by atoms with Crippen molar-refractivity contribution in [3.05, 3.63) is 29.6 Å². The Labute approximate surface area is 78.8 Å². The quantitative estimate of drug-likeness (QED) is 0.722. The third-order valence-electron chi connectivity index (χ3n) is 2.06. The van der Waals surface area contributed by atoms with Crippen molar-refractivity contribution in [3.8, 4) is 0 Å². The number of nitrogens with zero attached hydrogens (tertiary/aromatic N) is 1. The van der Waals surface area contributed by atoms with Gasteiger partial charge < -0.3 is 10.4 Å². The minimum absolute atomic E-state index is 0.139. The van der Waals surface area contributed by atoms with Gasteiger partial charge in [0, 0.05) is 25.0 Å². The van der Waals surface area contributed by atoms with E-state index < -0.39 is 0 Å². The van der Waals surface area contributed by atoms with Gasteiger partial charge in [-0.3, -0.25) is 4.98 Å². The van der Waals surface area contributed by atoms with Crippen LogP contribution in [0, 0.1) is 6.92 Å². The number of nitrogens with one attached hydrogen (secondary N) is 1. The van der Waals surface area contributed by atoms with E-state index in [1.54, 1.807) is 6.20 Å². The third-order valence-corrected chi connectivity index (χ3v) is 2.06. The number of aliphatic hydroxyl groups is 1. The van der Waals surface area contributed by atoms with Crippen molar-refractivity contribution in [1.29, 1.82) is 0 Å². The molecule has 1 rings (SSSR count). The van der Waals surface area contributed by atoms with Crippen LogP contribution in [-0.4, -0.2) is 22.7 Å². The summed E-state index contributed by atoms with van der Waals surface area (Å²) < 4.78 is 0. The van der Waals surface area contributed by atoms with E-state index in [-0.39, 0.29) is 12.6 Å². The van der Waals surface area contributed by atoms with Crippen LogP contribution in [0.2, 0.25) is 0 Å². The molecule has 1 aromatic rings. The minimum Gasteiger partial charge on any atom is -0.395 e. The maximum absolute atomic E-state index is 8.80. The molecule has 72 valence electrons. The van der Waals surface area contributed by atoms with Crippen molar-refractivity contribution in [2.75, 3.05) is 6.61 Å². The zero-order chi connectivity index (χ0) is 9.68. The lowest BCUT2D eigenvalue weighted by Crippen LogP contribution is -2.28. The highest BCUT2D eigenvalue weighted by molar-refractivity contribution is 5.21.